The number of hydrogen-bond acceptors (Lipinski definition) is 4. The number of rotatable bonds is 3. The molecule has 3 aliphatic heterocycles. The number of likely N-dealkylation sites (tertiary alicyclic amines) is 1. The minimum absolute atomic E-state index is 0.0748. The molecule has 0 aliphatic carbocycles. The molecule has 3 heterocycles. The standard InChI is InChI=1S/C17H32N4O/c1-15(19-9-3-2-4-10-19)17(22)21-13-11-20(12-14-21)16-5-7-18-8-6-16/h15-16,18H,2-14H2,1H3. The monoisotopic (exact) mass is 308 g/mol. The fraction of sp³-hybridized carbons (Fsp3) is 0.941. The van der Waals surface area contributed by atoms with Crippen LogP contribution in [0.4, 0.5) is 0 Å². The molecule has 5 heteroatoms. The molecule has 3 aliphatic rings. The first-order valence-electron chi connectivity index (χ1n) is 9.23. The zero-order chi connectivity index (χ0) is 15.4. The maximum absolute atomic E-state index is 12.7. The van der Waals surface area contributed by atoms with E-state index in [2.05, 4.69) is 26.9 Å². The zero-order valence-corrected chi connectivity index (χ0v) is 14.1. The van der Waals surface area contributed by atoms with Gasteiger partial charge >= 0.3 is 0 Å². The summed E-state index contributed by atoms with van der Waals surface area (Å²) in [4.78, 5) is 19.8. The summed E-state index contributed by atoms with van der Waals surface area (Å²) in [6.07, 6.45) is 6.35. The van der Waals surface area contributed by atoms with Crippen LogP contribution in [0.1, 0.15) is 39.0 Å². The topological polar surface area (TPSA) is 38.8 Å². The molecule has 1 atom stereocenters. The van der Waals surface area contributed by atoms with Crippen molar-refractivity contribution in [2.75, 3.05) is 52.4 Å². The van der Waals surface area contributed by atoms with E-state index in [1.807, 2.05) is 0 Å². The van der Waals surface area contributed by atoms with E-state index in [0.717, 1.165) is 58.4 Å². The fourth-order valence-corrected chi connectivity index (χ4v) is 4.21. The van der Waals surface area contributed by atoms with E-state index in [1.165, 1.54) is 32.1 Å². The molecule has 0 aromatic rings. The molecule has 22 heavy (non-hydrogen) atoms. The second-order valence-corrected chi connectivity index (χ2v) is 7.12. The van der Waals surface area contributed by atoms with Crippen molar-refractivity contribution >= 4 is 5.91 Å². The Morgan fingerprint density at radius 3 is 2.23 bits per heavy atom. The molecule has 3 rings (SSSR count). The average Bonchev–Trinajstić information content (AvgIpc) is 2.62. The lowest BCUT2D eigenvalue weighted by atomic mass is 10.0. The predicted molar refractivity (Wildman–Crippen MR) is 88.9 cm³/mol. The predicted octanol–water partition coefficient (Wildman–Crippen LogP) is 0.757. The van der Waals surface area contributed by atoms with E-state index in [9.17, 15) is 4.79 Å². The average molecular weight is 308 g/mol. The highest BCUT2D eigenvalue weighted by Crippen LogP contribution is 2.17. The highest BCUT2D eigenvalue weighted by atomic mass is 16.2. The van der Waals surface area contributed by atoms with Crippen LogP contribution in [0.15, 0.2) is 0 Å². The third-order valence-electron chi connectivity index (χ3n) is 5.75. The van der Waals surface area contributed by atoms with Crippen molar-refractivity contribution in [3.8, 4) is 0 Å². The minimum atomic E-state index is 0.0748. The van der Waals surface area contributed by atoms with Crippen LogP contribution >= 0.6 is 0 Å². The van der Waals surface area contributed by atoms with Crippen LogP contribution in [0.2, 0.25) is 0 Å². The largest absolute Gasteiger partial charge is 0.339 e. The molecular formula is C17H32N4O. The van der Waals surface area contributed by atoms with E-state index in [-0.39, 0.29) is 6.04 Å². The number of carbonyl (C=O) groups excluding carboxylic acids is 1. The summed E-state index contributed by atoms with van der Waals surface area (Å²) in [5.74, 6) is 0.354. The molecule has 0 aromatic heterocycles. The minimum Gasteiger partial charge on any atom is -0.339 e. The molecule has 1 N–H and O–H groups in total. The van der Waals surface area contributed by atoms with Gasteiger partial charge in [-0.2, -0.15) is 0 Å². The molecule has 0 bridgehead atoms. The Kier molecular flexibility index (Phi) is 5.71. The van der Waals surface area contributed by atoms with Gasteiger partial charge in [-0.3, -0.25) is 14.6 Å². The molecule has 0 spiro atoms. The SMILES string of the molecule is CC(C(=O)N1CCN(C2CCNCC2)CC1)N1CCCCC1. The highest BCUT2D eigenvalue weighted by molar-refractivity contribution is 5.81. The van der Waals surface area contributed by atoms with Crippen LogP contribution in [-0.4, -0.2) is 85.0 Å². The van der Waals surface area contributed by atoms with Gasteiger partial charge in [0, 0.05) is 32.2 Å². The number of piperazine rings is 1. The maximum atomic E-state index is 12.7. The molecule has 1 amide bonds. The van der Waals surface area contributed by atoms with Gasteiger partial charge in [-0.15, -0.1) is 0 Å². The highest BCUT2D eigenvalue weighted by Gasteiger charge is 2.31. The lowest BCUT2D eigenvalue weighted by Gasteiger charge is -2.42. The van der Waals surface area contributed by atoms with Gasteiger partial charge in [-0.25, -0.2) is 0 Å². The lowest BCUT2D eigenvalue weighted by molar-refractivity contribution is -0.139. The number of piperidine rings is 2. The number of carbonyl (C=O) groups is 1. The summed E-state index contributed by atoms with van der Waals surface area (Å²) in [7, 11) is 0. The Morgan fingerprint density at radius 2 is 1.59 bits per heavy atom. The van der Waals surface area contributed by atoms with E-state index in [0.29, 0.717) is 5.91 Å². The summed E-state index contributed by atoms with van der Waals surface area (Å²) in [6.45, 7) is 10.6. The van der Waals surface area contributed by atoms with E-state index in [4.69, 9.17) is 0 Å². The van der Waals surface area contributed by atoms with Crippen molar-refractivity contribution in [1.82, 2.24) is 20.0 Å². The second-order valence-electron chi connectivity index (χ2n) is 7.12. The van der Waals surface area contributed by atoms with Crippen LogP contribution in [0.5, 0.6) is 0 Å². The van der Waals surface area contributed by atoms with E-state index < -0.39 is 0 Å². The summed E-state index contributed by atoms with van der Waals surface area (Å²) < 4.78 is 0. The number of nitrogens with zero attached hydrogens (tertiary/aromatic N) is 3. The van der Waals surface area contributed by atoms with Crippen molar-refractivity contribution in [3.05, 3.63) is 0 Å². The quantitative estimate of drug-likeness (QED) is 0.835. The van der Waals surface area contributed by atoms with Crippen molar-refractivity contribution in [1.29, 1.82) is 0 Å². The zero-order valence-electron chi connectivity index (χ0n) is 14.1. The Labute approximate surface area is 135 Å². The molecular weight excluding hydrogens is 276 g/mol. The van der Waals surface area contributed by atoms with Crippen LogP contribution in [0.25, 0.3) is 0 Å². The van der Waals surface area contributed by atoms with Gasteiger partial charge in [0.15, 0.2) is 0 Å². The van der Waals surface area contributed by atoms with Crippen LogP contribution in [-0.2, 0) is 4.79 Å². The molecule has 5 nitrogen and oxygen atoms in total. The first-order chi connectivity index (χ1) is 10.8. The van der Waals surface area contributed by atoms with Crippen molar-refractivity contribution in [2.45, 2.75) is 51.1 Å². The van der Waals surface area contributed by atoms with Crippen molar-refractivity contribution in [3.63, 3.8) is 0 Å². The Hall–Kier alpha value is -0.650. The van der Waals surface area contributed by atoms with Gasteiger partial charge in [0.2, 0.25) is 5.91 Å². The van der Waals surface area contributed by atoms with Crippen molar-refractivity contribution < 1.29 is 4.79 Å². The van der Waals surface area contributed by atoms with Gasteiger partial charge < -0.3 is 10.2 Å². The number of nitrogens with one attached hydrogen (secondary N) is 1. The Bertz CT molecular complexity index is 356. The molecule has 126 valence electrons. The lowest BCUT2D eigenvalue weighted by Crippen LogP contribution is -2.57. The van der Waals surface area contributed by atoms with Crippen LogP contribution in [0, 0.1) is 0 Å². The molecule has 3 saturated heterocycles. The van der Waals surface area contributed by atoms with Crippen molar-refractivity contribution in [2.24, 2.45) is 0 Å². The first kappa shape index (κ1) is 16.2. The first-order valence-corrected chi connectivity index (χ1v) is 9.23. The second kappa shape index (κ2) is 7.75. The van der Waals surface area contributed by atoms with E-state index >= 15 is 0 Å². The maximum Gasteiger partial charge on any atom is 0.239 e. The molecule has 0 aromatic carbocycles. The van der Waals surface area contributed by atoms with Crippen LogP contribution < -0.4 is 5.32 Å². The summed E-state index contributed by atoms with van der Waals surface area (Å²) in [5, 5.41) is 3.44. The van der Waals surface area contributed by atoms with Gasteiger partial charge in [0.05, 0.1) is 6.04 Å². The summed E-state index contributed by atoms with van der Waals surface area (Å²) in [6, 6.07) is 0.809. The van der Waals surface area contributed by atoms with E-state index in [1.54, 1.807) is 0 Å². The Balaban J connectivity index is 1.46. The third kappa shape index (κ3) is 3.81. The third-order valence-corrected chi connectivity index (χ3v) is 5.75. The number of hydrogen-bond donors (Lipinski definition) is 1. The Morgan fingerprint density at radius 1 is 0.955 bits per heavy atom. The molecule has 0 saturated carbocycles. The van der Waals surface area contributed by atoms with Gasteiger partial charge in [0.1, 0.15) is 0 Å². The fourth-order valence-electron chi connectivity index (χ4n) is 4.21. The van der Waals surface area contributed by atoms with Gasteiger partial charge in [0.25, 0.3) is 0 Å². The number of amides is 1. The molecule has 1 unspecified atom stereocenters. The smallest absolute Gasteiger partial charge is 0.239 e. The van der Waals surface area contributed by atoms with Gasteiger partial charge in [-0.05, 0) is 58.8 Å². The summed E-state index contributed by atoms with van der Waals surface area (Å²) in [5.41, 5.74) is 0. The van der Waals surface area contributed by atoms with Crippen LogP contribution in [0.3, 0.4) is 0 Å². The molecule has 3 fully saturated rings. The van der Waals surface area contributed by atoms with Gasteiger partial charge in [-0.1, -0.05) is 6.42 Å². The normalized spacial score (nSPS) is 27.8. The summed E-state index contributed by atoms with van der Waals surface area (Å²) >= 11 is 0. The molecule has 0 radical (unpaired) electrons.